The molecule has 1 amide bonds. The quantitative estimate of drug-likeness (QED) is 0.913. The molecule has 1 fully saturated rings. The van der Waals surface area contributed by atoms with Crippen molar-refractivity contribution in [3.63, 3.8) is 0 Å². The SMILES string of the molecule is CCOc1c(F)cccc1C(=O)N1CC[C@H](C(=O)O)C1. The van der Waals surface area contributed by atoms with Crippen molar-refractivity contribution in [1.29, 1.82) is 0 Å². The molecule has 0 saturated carbocycles. The molecule has 1 atom stereocenters. The molecule has 0 radical (unpaired) electrons. The molecule has 0 aromatic heterocycles. The van der Waals surface area contributed by atoms with Gasteiger partial charge < -0.3 is 14.7 Å². The second-order valence-corrected chi connectivity index (χ2v) is 4.62. The van der Waals surface area contributed by atoms with Gasteiger partial charge in [0.05, 0.1) is 18.1 Å². The third-order valence-corrected chi connectivity index (χ3v) is 3.31. The molecular weight excluding hydrogens is 265 g/mol. The maximum Gasteiger partial charge on any atom is 0.308 e. The Morgan fingerprint density at radius 2 is 2.25 bits per heavy atom. The lowest BCUT2D eigenvalue weighted by atomic mass is 10.1. The highest BCUT2D eigenvalue weighted by Crippen LogP contribution is 2.26. The third kappa shape index (κ3) is 2.74. The maximum atomic E-state index is 13.7. The van der Waals surface area contributed by atoms with Crippen molar-refractivity contribution in [3.05, 3.63) is 29.6 Å². The van der Waals surface area contributed by atoms with Gasteiger partial charge in [-0.3, -0.25) is 9.59 Å². The molecule has 1 aromatic carbocycles. The Morgan fingerprint density at radius 3 is 2.85 bits per heavy atom. The van der Waals surface area contributed by atoms with Crippen molar-refractivity contribution in [2.75, 3.05) is 19.7 Å². The molecule has 2 rings (SSSR count). The fourth-order valence-electron chi connectivity index (χ4n) is 2.28. The van der Waals surface area contributed by atoms with E-state index in [9.17, 15) is 14.0 Å². The lowest BCUT2D eigenvalue weighted by Gasteiger charge is -2.18. The topological polar surface area (TPSA) is 66.8 Å². The highest BCUT2D eigenvalue weighted by atomic mass is 19.1. The van der Waals surface area contributed by atoms with E-state index in [1.807, 2.05) is 0 Å². The van der Waals surface area contributed by atoms with Gasteiger partial charge in [-0.1, -0.05) is 6.07 Å². The first kappa shape index (κ1) is 14.3. The van der Waals surface area contributed by atoms with Gasteiger partial charge in [0.25, 0.3) is 5.91 Å². The third-order valence-electron chi connectivity index (χ3n) is 3.31. The Kier molecular flexibility index (Phi) is 4.22. The number of aliphatic carboxylic acids is 1. The van der Waals surface area contributed by atoms with Crippen molar-refractivity contribution in [2.24, 2.45) is 5.92 Å². The van der Waals surface area contributed by atoms with Crippen molar-refractivity contribution in [3.8, 4) is 5.75 Å². The Morgan fingerprint density at radius 1 is 1.50 bits per heavy atom. The van der Waals surface area contributed by atoms with Crippen LogP contribution in [-0.4, -0.2) is 41.6 Å². The van der Waals surface area contributed by atoms with E-state index < -0.39 is 23.6 Å². The summed E-state index contributed by atoms with van der Waals surface area (Å²) in [5.74, 6) is -2.52. The Bertz CT molecular complexity index is 532. The number of carbonyl (C=O) groups is 2. The lowest BCUT2D eigenvalue weighted by Crippen LogP contribution is -2.30. The van der Waals surface area contributed by atoms with Crippen molar-refractivity contribution in [1.82, 2.24) is 4.90 Å². The summed E-state index contributed by atoms with van der Waals surface area (Å²) in [4.78, 5) is 24.7. The monoisotopic (exact) mass is 281 g/mol. The fraction of sp³-hybridized carbons (Fsp3) is 0.429. The normalized spacial score (nSPS) is 18.1. The highest BCUT2D eigenvalue weighted by Gasteiger charge is 2.32. The van der Waals surface area contributed by atoms with E-state index in [1.54, 1.807) is 6.92 Å². The summed E-state index contributed by atoms with van der Waals surface area (Å²) in [5.41, 5.74) is 0.137. The van der Waals surface area contributed by atoms with Gasteiger partial charge >= 0.3 is 5.97 Å². The smallest absolute Gasteiger partial charge is 0.308 e. The molecule has 0 spiro atoms. The fourth-order valence-corrected chi connectivity index (χ4v) is 2.28. The highest BCUT2D eigenvalue weighted by molar-refractivity contribution is 5.97. The van der Waals surface area contributed by atoms with Gasteiger partial charge in [-0.05, 0) is 25.5 Å². The van der Waals surface area contributed by atoms with Gasteiger partial charge in [-0.2, -0.15) is 0 Å². The number of rotatable bonds is 4. The van der Waals surface area contributed by atoms with E-state index in [-0.39, 0.29) is 24.5 Å². The Hall–Kier alpha value is -2.11. The molecule has 1 aromatic rings. The number of hydrogen-bond donors (Lipinski definition) is 1. The first-order valence-corrected chi connectivity index (χ1v) is 6.48. The van der Waals surface area contributed by atoms with Gasteiger partial charge in [0.1, 0.15) is 0 Å². The van der Waals surface area contributed by atoms with Gasteiger partial charge in [-0.15, -0.1) is 0 Å². The molecule has 108 valence electrons. The molecule has 5 nitrogen and oxygen atoms in total. The van der Waals surface area contributed by atoms with Crippen molar-refractivity contribution >= 4 is 11.9 Å². The number of nitrogens with zero attached hydrogens (tertiary/aromatic N) is 1. The molecule has 6 heteroatoms. The number of ether oxygens (including phenoxy) is 1. The molecule has 0 bridgehead atoms. The van der Waals surface area contributed by atoms with E-state index in [4.69, 9.17) is 9.84 Å². The van der Waals surface area contributed by atoms with Crippen LogP contribution in [0.5, 0.6) is 5.75 Å². The van der Waals surface area contributed by atoms with Crippen LogP contribution in [0, 0.1) is 11.7 Å². The second kappa shape index (κ2) is 5.90. The van der Waals surface area contributed by atoms with Crippen LogP contribution in [0.25, 0.3) is 0 Å². The van der Waals surface area contributed by atoms with Crippen LogP contribution in [-0.2, 0) is 4.79 Å². The van der Waals surface area contributed by atoms with E-state index in [2.05, 4.69) is 0 Å². The average molecular weight is 281 g/mol. The van der Waals surface area contributed by atoms with Crippen LogP contribution in [0.3, 0.4) is 0 Å². The summed E-state index contributed by atoms with van der Waals surface area (Å²) in [6.07, 6.45) is 0.417. The zero-order valence-corrected chi connectivity index (χ0v) is 11.1. The van der Waals surface area contributed by atoms with Crippen LogP contribution in [0.2, 0.25) is 0 Å². The largest absolute Gasteiger partial charge is 0.490 e. The zero-order valence-electron chi connectivity index (χ0n) is 11.1. The van der Waals surface area contributed by atoms with E-state index in [0.29, 0.717) is 13.0 Å². The molecule has 1 aliphatic rings. The van der Waals surface area contributed by atoms with E-state index >= 15 is 0 Å². The minimum absolute atomic E-state index is 0.0706. The first-order valence-electron chi connectivity index (χ1n) is 6.48. The molecule has 1 aliphatic heterocycles. The molecule has 1 N–H and O–H groups in total. The summed E-state index contributed by atoms with van der Waals surface area (Å²) >= 11 is 0. The summed E-state index contributed by atoms with van der Waals surface area (Å²) < 4.78 is 18.9. The van der Waals surface area contributed by atoms with E-state index in [0.717, 1.165) is 0 Å². The molecular formula is C14H16FNO4. The van der Waals surface area contributed by atoms with E-state index in [1.165, 1.54) is 23.1 Å². The number of para-hydroxylation sites is 1. The number of amides is 1. The number of hydrogen-bond acceptors (Lipinski definition) is 3. The van der Waals surface area contributed by atoms with Crippen LogP contribution in [0.1, 0.15) is 23.7 Å². The number of halogens is 1. The molecule has 20 heavy (non-hydrogen) atoms. The number of benzene rings is 1. The molecule has 1 heterocycles. The Labute approximate surface area is 116 Å². The first-order chi connectivity index (χ1) is 9.54. The van der Waals surface area contributed by atoms with Gasteiger partial charge in [0.2, 0.25) is 0 Å². The maximum absolute atomic E-state index is 13.7. The number of likely N-dealkylation sites (tertiary alicyclic amines) is 1. The van der Waals surface area contributed by atoms with Crippen molar-refractivity contribution < 1.29 is 23.8 Å². The summed E-state index contributed by atoms with van der Waals surface area (Å²) in [5, 5.41) is 8.94. The summed E-state index contributed by atoms with van der Waals surface area (Å²) in [7, 11) is 0. The summed E-state index contributed by atoms with van der Waals surface area (Å²) in [6.45, 7) is 2.46. The molecule has 1 saturated heterocycles. The zero-order chi connectivity index (χ0) is 14.7. The predicted octanol–water partition coefficient (Wildman–Crippen LogP) is 1.77. The van der Waals surface area contributed by atoms with Gasteiger partial charge in [0.15, 0.2) is 11.6 Å². The van der Waals surface area contributed by atoms with Crippen LogP contribution < -0.4 is 4.74 Å². The standard InChI is InChI=1S/C14H16FNO4/c1-2-20-12-10(4-3-5-11(12)15)13(17)16-7-6-9(8-16)14(18)19/h3-5,9H,2,6-8H2,1H3,(H,18,19)/t9-/m0/s1. The van der Waals surface area contributed by atoms with Gasteiger partial charge in [0, 0.05) is 13.1 Å². The lowest BCUT2D eigenvalue weighted by molar-refractivity contribution is -0.141. The summed E-state index contributed by atoms with van der Waals surface area (Å²) in [6, 6.07) is 4.16. The minimum atomic E-state index is -0.912. The molecule has 0 unspecified atom stereocenters. The second-order valence-electron chi connectivity index (χ2n) is 4.62. The van der Waals surface area contributed by atoms with Crippen LogP contribution >= 0.6 is 0 Å². The van der Waals surface area contributed by atoms with Crippen molar-refractivity contribution in [2.45, 2.75) is 13.3 Å². The van der Waals surface area contributed by atoms with Gasteiger partial charge in [-0.25, -0.2) is 4.39 Å². The molecule has 0 aliphatic carbocycles. The Balaban J connectivity index is 2.22. The van der Waals surface area contributed by atoms with Crippen LogP contribution in [0.4, 0.5) is 4.39 Å². The number of carbonyl (C=O) groups excluding carboxylic acids is 1. The number of carboxylic acid groups (broad SMARTS) is 1. The average Bonchev–Trinajstić information content (AvgIpc) is 2.90. The predicted molar refractivity (Wildman–Crippen MR) is 69.2 cm³/mol. The number of carboxylic acids is 1. The van der Waals surface area contributed by atoms with Crippen LogP contribution in [0.15, 0.2) is 18.2 Å². The minimum Gasteiger partial charge on any atom is -0.490 e.